The van der Waals surface area contributed by atoms with Crippen LogP contribution in [0.25, 0.3) is 0 Å². The lowest BCUT2D eigenvalue weighted by Gasteiger charge is -2.13. The van der Waals surface area contributed by atoms with Gasteiger partial charge in [0.15, 0.2) is 11.5 Å². The molecular weight excluding hydrogens is 292 g/mol. The maximum Gasteiger partial charge on any atom is 0.335 e. The first-order valence-corrected chi connectivity index (χ1v) is 8.82. The molecule has 0 bridgehead atoms. The predicted molar refractivity (Wildman–Crippen MR) is 92.7 cm³/mol. The topological polar surface area (TPSA) is 55.8 Å². The van der Waals surface area contributed by atoms with E-state index in [1.54, 1.807) is 18.2 Å². The van der Waals surface area contributed by atoms with E-state index < -0.39 is 5.97 Å². The van der Waals surface area contributed by atoms with E-state index in [-0.39, 0.29) is 5.56 Å². The number of carbonyl (C=O) groups is 1. The molecule has 1 aromatic rings. The van der Waals surface area contributed by atoms with E-state index in [1.165, 1.54) is 25.7 Å². The van der Waals surface area contributed by atoms with Crippen LogP contribution in [0.5, 0.6) is 11.5 Å². The molecule has 0 unspecified atom stereocenters. The van der Waals surface area contributed by atoms with Gasteiger partial charge in [-0.3, -0.25) is 0 Å². The van der Waals surface area contributed by atoms with Crippen LogP contribution >= 0.6 is 0 Å². The maximum atomic E-state index is 11.1. The Labute approximate surface area is 139 Å². The molecule has 1 N–H and O–H groups in total. The summed E-state index contributed by atoms with van der Waals surface area (Å²) in [5.74, 6) is 0.231. The second-order valence-electron chi connectivity index (χ2n) is 5.78. The fourth-order valence-electron chi connectivity index (χ4n) is 2.30. The summed E-state index contributed by atoms with van der Waals surface area (Å²) in [4.78, 5) is 11.1. The Hall–Kier alpha value is -1.71. The van der Waals surface area contributed by atoms with Gasteiger partial charge in [0, 0.05) is 0 Å². The average Bonchev–Trinajstić information content (AvgIpc) is 2.55. The van der Waals surface area contributed by atoms with E-state index in [0.29, 0.717) is 24.7 Å². The molecule has 0 aromatic heterocycles. The summed E-state index contributed by atoms with van der Waals surface area (Å²) in [5.41, 5.74) is 0.229. The van der Waals surface area contributed by atoms with Gasteiger partial charge in [-0.1, -0.05) is 52.4 Å². The van der Waals surface area contributed by atoms with Crippen LogP contribution in [0.2, 0.25) is 0 Å². The Balaban J connectivity index is 2.57. The normalized spacial score (nSPS) is 10.5. The summed E-state index contributed by atoms with van der Waals surface area (Å²) in [7, 11) is 0. The first-order chi connectivity index (χ1) is 11.2. The molecule has 0 aliphatic carbocycles. The van der Waals surface area contributed by atoms with Gasteiger partial charge in [0.1, 0.15) is 0 Å². The highest BCUT2D eigenvalue weighted by Gasteiger charge is 2.11. The third-order valence-electron chi connectivity index (χ3n) is 3.70. The van der Waals surface area contributed by atoms with E-state index in [1.807, 2.05) is 0 Å². The van der Waals surface area contributed by atoms with E-state index in [0.717, 1.165) is 25.7 Å². The Morgan fingerprint density at radius 2 is 1.43 bits per heavy atom. The zero-order valence-electron chi connectivity index (χ0n) is 14.5. The second kappa shape index (κ2) is 11.8. The molecule has 0 aliphatic rings. The van der Waals surface area contributed by atoms with Crippen molar-refractivity contribution in [2.24, 2.45) is 0 Å². The number of ether oxygens (including phenoxy) is 2. The third kappa shape index (κ3) is 7.91. The molecule has 0 amide bonds. The Kier molecular flexibility index (Phi) is 9.92. The minimum atomic E-state index is -0.949. The van der Waals surface area contributed by atoms with Crippen molar-refractivity contribution in [1.29, 1.82) is 0 Å². The van der Waals surface area contributed by atoms with E-state index in [4.69, 9.17) is 14.6 Å². The minimum absolute atomic E-state index is 0.229. The highest BCUT2D eigenvalue weighted by atomic mass is 16.5. The fourth-order valence-corrected chi connectivity index (χ4v) is 2.30. The van der Waals surface area contributed by atoms with Gasteiger partial charge in [0.25, 0.3) is 0 Å². The Morgan fingerprint density at radius 3 is 1.96 bits per heavy atom. The van der Waals surface area contributed by atoms with Crippen molar-refractivity contribution in [3.63, 3.8) is 0 Å². The number of benzene rings is 1. The zero-order valence-corrected chi connectivity index (χ0v) is 14.5. The van der Waals surface area contributed by atoms with Gasteiger partial charge in [-0.05, 0) is 31.0 Å². The number of hydrogen-bond acceptors (Lipinski definition) is 3. The van der Waals surface area contributed by atoms with Gasteiger partial charge in [-0.25, -0.2) is 4.79 Å². The van der Waals surface area contributed by atoms with Crippen molar-refractivity contribution < 1.29 is 19.4 Å². The molecule has 0 aliphatic heterocycles. The molecule has 1 aromatic carbocycles. The van der Waals surface area contributed by atoms with Crippen molar-refractivity contribution in [1.82, 2.24) is 0 Å². The van der Waals surface area contributed by atoms with E-state index >= 15 is 0 Å². The summed E-state index contributed by atoms with van der Waals surface area (Å²) < 4.78 is 11.5. The van der Waals surface area contributed by atoms with Gasteiger partial charge >= 0.3 is 5.97 Å². The van der Waals surface area contributed by atoms with Gasteiger partial charge in [0.05, 0.1) is 18.8 Å². The number of aromatic carboxylic acids is 1. The minimum Gasteiger partial charge on any atom is -0.490 e. The van der Waals surface area contributed by atoms with Gasteiger partial charge in [-0.15, -0.1) is 0 Å². The monoisotopic (exact) mass is 322 g/mol. The van der Waals surface area contributed by atoms with Gasteiger partial charge in [-0.2, -0.15) is 0 Å². The number of unbranched alkanes of at least 4 members (excludes halogenated alkanes) is 6. The summed E-state index contributed by atoms with van der Waals surface area (Å²) in [6, 6.07) is 4.82. The number of rotatable bonds is 13. The highest BCUT2D eigenvalue weighted by Crippen LogP contribution is 2.29. The van der Waals surface area contributed by atoms with Crippen molar-refractivity contribution >= 4 is 5.97 Å². The van der Waals surface area contributed by atoms with Crippen molar-refractivity contribution in [2.75, 3.05) is 13.2 Å². The van der Waals surface area contributed by atoms with Crippen LogP contribution in [0.1, 0.15) is 75.6 Å². The highest BCUT2D eigenvalue weighted by molar-refractivity contribution is 5.88. The number of carboxylic acid groups (broad SMARTS) is 1. The third-order valence-corrected chi connectivity index (χ3v) is 3.70. The summed E-state index contributed by atoms with van der Waals surface area (Å²) in [5, 5.41) is 9.12. The first-order valence-electron chi connectivity index (χ1n) is 8.82. The number of hydrogen-bond donors (Lipinski definition) is 1. The second-order valence-corrected chi connectivity index (χ2v) is 5.78. The fraction of sp³-hybridized carbons (Fsp3) is 0.632. The van der Waals surface area contributed by atoms with Crippen molar-refractivity contribution in [3.8, 4) is 11.5 Å². The summed E-state index contributed by atoms with van der Waals surface area (Å²) >= 11 is 0. The molecule has 0 saturated heterocycles. The van der Waals surface area contributed by atoms with Gasteiger partial charge < -0.3 is 14.6 Å². The van der Waals surface area contributed by atoms with Crippen LogP contribution in [-0.4, -0.2) is 24.3 Å². The van der Waals surface area contributed by atoms with Crippen LogP contribution in [0, 0.1) is 0 Å². The standard InChI is InChI=1S/C19H30O4/c1-3-5-7-9-13-22-17-12-11-16(19(20)21)15-18(17)23-14-10-8-6-4-2/h11-12,15H,3-10,13-14H2,1-2H3,(H,20,21). The quantitative estimate of drug-likeness (QED) is 0.500. The van der Waals surface area contributed by atoms with Crippen LogP contribution in [0.15, 0.2) is 18.2 Å². The molecule has 0 atom stereocenters. The molecule has 23 heavy (non-hydrogen) atoms. The van der Waals surface area contributed by atoms with Crippen molar-refractivity contribution in [3.05, 3.63) is 23.8 Å². The average molecular weight is 322 g/mol. The lowest BCUT2D eigenvalue weighted by molar-refractivity contribution is 0.0696. The first kappa shape index (κ1) is 19.3. The molecule has 4 nitrogen and oxygen atoms in total. The van der Waals surface area contributed by atoms with Gasteiger partial charge in [0.2, 0.25) is 0 Å². The van der Waals surface area contributed by atoms with Crippen LogP contribution in [0.3, 0.4) is 0 Å². The van der Waals surface area contributed by atoms with Crippen LogP contribution < -0.4 is 9.47 Å². The summed E-state index contributed by atoms with van der Waals surface area (Å²) in [6.07, 6.45) is 9.03. The molecule has 130 valence electrons. The molecule has 0 spiro atoms. The molecular formula is C19H30O4. The Morgan fingerprint density at radius 1 is 0.870 bits per heavy atom. The predicted octanol–water partition coefficient (Wildman–Crippen LogP) is 5.30. The van der Waals surface area contributed by atoms with Crippen LogP contribution in [-0.2, 0) is 0 Å². The SMILES string of the molecule is CCCCCCOc1ccc(C(=O)O)cc1OCCCCCC. The molecule has 0 saturated carbocycles. The van der Waals surface area contributed by atoms with E-state index in [9.17, 15) is 4.79 Å². The molecule has 4 heteroatoms. The summed E-state index contributed by atoms with van der Waals surface area (Å²) in [6.45, 7) is 5.57. The Bertz CT molecular complexity index is 457. The largest absolute Gasteiger partial charge is 0.490 e. The zero-order chi connectivity index (χ0) is 16.9. The molecule has 1 rings (SSSR count). The maximum absolute atomic E-state index is 11.1. The van der Waals surface area contributed by atoms with Crippen molar-refractivity contribution in [2.45, 2.75) is 65.2 Å². The van der Waals surface area contributed by atoms with Crippen LogP contribution in [0.4, 0.5) is 0 Å². The molecule has 0 fully saturated rings. The molecule has 0 heterocycles. The molecule has 0 radical (unpaired) electrons. The smallest absolute Gasteiger partial charge is 0.335 e. The van der Waals surface area contributed by atoms with E-state index in [2.05, 4.69) is 13.8 Å². The lowest BCUT2D eigenvalue weighted by Crippen LogP contribution is -2.05. The lowest BCUT2D eigenvalue weighted by atomic mass is 10.2. The number of carboxylic acids is 1.